The van der Waals surface area contributed by atoms with Gasteiger partial charge in [0.05, 0.1) is 23.1 Å². The number of rotatable bonds is 8. The molecule has 11 heteroatoms. The van der Waals surface area contributed by atoms with Crippen LogP contribution in [0.15, 0.2) is 64.1 Å². The molecule has 0 aliphatic heterocycles. The van der Waals surface area contributed by atoms with Gasteiger partial charge in [-0.15, -0.1) is 11.3 Å². The zero-order chi connectivity index (χ0) is 26.5. The van der Waals surface area contributed by atoms with Crippen LogP contribution in [0.4, 0.5) is 5.95 Å². The number of aliphatic imine (C=N–C) groups is 1. The number of H-pyrrole nitrogens is 1. The summed E-state index contributed by atoms with van der Waals surface area (Å²) in [4.78, 5) is 34.3. The number of hydrogen-bond donors (Lipinski definition) is 3. The highest BCUT2D eigenvalue weighted by Crippen LogP contribution is 2.29. The molecule has 1 amide bonds. The minimum absolute atomic E-state index is 0.193. The van der Waals surface area contributed by atoms with Gasteiger partial charge in [-0.1, -0.05) is 23.9 Å². The molecule has 0 spiro atoms. The fourth-order valence-electron chi connectivity index (χ4n) is 3.99. The van der Waals surface area contributed by atoms with Gasteiger partial charge in [-0.3, -0.25) is 20.4 Å². The van der Waals surface area contributed by atoms with Crippen LogP contribution in [-0.2, 0) is 11.2 Å². The van der Waals surface area contributed by atoms with Crippen molar-refractivity contribution >= 4 is 62.0 Å². The number of guanidine groups is 1. The van der Waals surface area contributed by atoms with Crippen molar-refractivity contribution in [3.8, 4) is 5.75 Å². The highest BCUT2D eigenvalue weighted by molar-refractivity contribution is 8.01. The molecule has 5 aromatic rings. The summed E-state index contributed by atoms with van der Waals surface area (Å²) in [5, 5.41) is 7.07. The van der Waals surface area contributed by atoms with E-state index in [0.29, 0.717) is 24.9 Å². The van der Waals surface area contributed by atoms with E-state index >= 15 is 0 Å². The average Bonchev–Trinajstić information content (AvgIpc) is 3.50. The molecule has 2 aromatic carbocycles. The molecule has 0 atom stereocenters. The van der Waals surface area contributed by atoms with Crippen LogP contribution in [0, 0.1) is 13.8 Å². The molecule has 0 saturated carbocycles. The summed E-state index contributed by atoms with van der Waals surface area (Å²) in [7, 11) is 1.66. The van der Waals surface area contributed by atoms with Gasteiger partial charge in [0.2, 0.25) is 17.8 Å². The van der Waals surface area contributed by atoms with Crippen LogP contribution < -0.4 is 15.4 Å². The van der Waals surface area contributed by atoms with E-state index in [4.69, 9.17) is 4.74 Å². The second-order valence-electron chi connectivity index (χ2n) is 8.59. The Kier molecular flexibility index (Phi) is 7.85. The van der Waals surface area contributed by atoms with Gasteiger partial charge in [-0.2, -0.15) is 0 Å². The second kappa shape index (κ2) is 11.6. The van der Waals surface area contributed by atoms with Gasteiger partial charge in [-0.25, -0.2) is 15.0 Å². The smallest absolute Gasteiger partial charge is 0.237 e. The number of benzene rings is 2. The summed E-state index contributed by atoms with van der Waals surface area (Å²) in [6, 6.07) is 15.8. The fourth-order valence-corrected chi connectivity index (χ4v) is 5.85. The Morgan fingerprint density at radius 2 is 1.92 bits per heavy atom. The number of ether oxygens (including phenoxy) is 1. The Balaban J connectivity index is 1.29. The molecular formula is C27H27N7O2S2. The van der Waals surface area contributed by atoms with Crippen molar-refractivity contribution in [2.45, 2.75) is 24.6 Å². The molecule has 3 aromatic heterocycles. The number of aryl methyl sites for hydroxylation is 2. The first kappa shape index (κ1) is 25.7. The first-order valence-corrected chi connectivity index (χ1v) is 13.8. The monoisotopic (exact) mass is 545 g/mol. The molecule has 0 aliphatic rings. The first-order valence-electron chi connectivity index (χ1n) is 12.0. The highest BCUT2D eigenvalue weighted by atomic mass is 32.2. The predicted molar refractivity (Wildman–Crippen MR) is 154 cm³/mol. The third-order valence-electron chi connectivity index (χ3n) is 5.70. The van der Waals surface area contributed by atoms with Crippen LogP contribution in [0.25, 0.3) is 21.1 Å². The number of amides is 1. The van der Waals surface area contributed by atoms with Crippen molar-refractivity contribution in [3.05, 3.63) is 71.7 Å². The number of thiazole rings is 1. The van der Waals surface area contributed by atoms with E-state index in [1.54, 1.807) is 18.4 Å². The Labute approximate surface area is 228 Å². The standard InChI is InChI=1S/C27H27N7O2S2/c1-16-12-17(2)31-26(30-16)34-25(28-11-10-18-14-29-21-9-8-19(36-3)13-20(18)21)33-24(35)15-37-27-32-22-6-4-5-7-23(22)38-27/h4-9,12-14,29H,10-11,15H2,1-3H3,(H2,28,30,31,33,34,35). The van der Waals surface area contributed by atoms with Gasteiger partial charge in [0.25, 0.3) is 0 Å². The molecule has 3 N–H and O–H groups in total. The molecule has 0 radical (unpaired) electrons. The summed E-state index contributed by atoms with van der Waals surface area (Å²) in [6.45, 7) is 4.24. The number of carbonyl (C=O) groups excluding carboxylic acids is 1. The number of fused-ring (bicyclic) bond motifs is 2. The summed E-state index contributed by atoms with van der Waals surface area (Å²) in [5.41, 5.74) is 4.73. The molecule has 194 valence electrons. The molecular weight excluding hydrogens is 518 g/mol. The number of thioether (sulfide) groups is 1. The van der Waals surface area contributed by atoms with E-state index in [1.165, 1.54) is 11.8 Å². The molecule has 9 nitrogen and oxygen atoms in total. The molecule has 0 aliphatic carbocycles. The number of nitrogens with one attached hydrogen (secondary N) is 3. The van der Waals surface area contributed by atoms with Crippen LogP contribution in [0.1, 0.15) is 17.0 Å². The molecule has 0 fully saturated rings. The van der Waals surface area contributed by atoms with Crippen molar-refractivity contribution in [1.29, 1.82) is 0 Å². The van der Waals surface area contributed by atoms with Crippen LogP contribution in [0.5, 0.6) is 5.75 Å². The van der Waals surface area contributed by atoms with Crippen LogP contribution in [-0.4, -0.2) is 51.2 Å². The zero-order valence-corrected chi connectivity index (χ0v) is 22.9. The average molecular weight is 546 g/mol. The van der Waals surface area contributed by atoms with E-state index in [-0.39, 0.29) is 11.7 Å². The van der Waals surface area contributed by atoms with Gasteiger partial charge in [0.15, 0.2) is 4.34 Å². The second-order valence-corrected chi connectivity index (χ2v) is 10.8. The van der Waals surface area contributed by atoms with Crippen molar-refractivity contribution in [2.75, 3.05) is 24.7 Å². The number of methoxy groups -OCH3 is 1. The lowest BCUT2D eigenvalue weighted by molar-refractivity contribution is -0.117. The van der Waals surface area contributed by atoms with Gasteiger partial charge in [0.1, 0.15) is 5.75 Å². The van der Waals surface area contributed by atoms with E-state index in [0.717, 1.165) is 48.2 Å². The van der Waals surface area contributed by atoms with E-state index < -0.39 is 0 Å². The number of carbonyl (C=O) groups is 1. The lowest BCUT2D eigenvalue weighted by Gasteiger charge is -2.11. The lowest BCUT2D eigenvalue weighted by Crippen LogP contribution is -2.38. The minimum Gasteiger partial charge on any atom is -0.497 e. The number of nitrogens with zero attached hydrogens (tertiary/aromatic N) is 4. The van der Waals surface area contributed by atoms with Crippen molar-refractivity contribution in [2.24, 2.45) is 4.99 Å². The van der Waals surface area contributed by atoms with Gasteiger partial charge in [0, 0.05) is 35.0 Å². The van der Waals surface area contributed by atoms with E-state index in [9.17, 15) is 4.79 Å². The van der Waals surface area contributed by atoms with Crippen molar-refractivity contribution in [1.82, 2.24) is 25.3 Å². The van der Waals surface area contributed by atoms with Crippen LogP contribution >= 0.6 is 23.1 Å². The minimum atomic E-state index is -0.193. The maximum Gasteiger partial charge on any atom is 0.237 e. The molecule has 0 unspecified atom stereocenters. The topological polar surface area (TPSA) is 117 Å². The van der Waals surface area contributed by atoms with Crippen LogP contribution in [0.3, 0.4) is 0 Å². The van der Waals surface area contributed by atoms with E-state index in [1.807, 2.05) is 68.6 Å². The Morgan fingerprint density at radius 3 is 2.71 bits per heavy atom. The third-order valence-corrected chi connectivity index (χ3v) is 7.88. The largest absolute Gasteiger partial charge is 0.497 e. The maximum atomic E-state index is 12.9. The number of aromatic nitrogens is 4. The normalized spacial score (nSPS) is 11.7. The summed E-state index contributed by atoms with van der Waals surface area (Å²) in [5.74, 6) is 1.51. The van der Waals surface area contributed by atoms with Crippen molar-refractivity contribution in [3.63, 3.8) is 0 Å². The molecule has 0 saturated heterocycles. The van der Waals surface area contributed by atoms with Crippen molar-refractivity contribution < 1.29 is 9.53 Å². The van der Waals surface area contributed by atoms with Crippen LogP contribution in [0.2, 0.25) is 0 Å². The van der Waals surface area contributed by atoms with Gasteiger partial charge < -0.3 is 9.72 Å². The Hall–Kier alpha value is -3.96. The predicted octanol–water partition coefficient (Wildman–Crippen LogP) is 5.11. The Bertz CT molecular complexity index is 1570. The SMILES string of the molecule is COc1ccc2[nH]cc(CCN=C(NC(=O)CSc3nc4ccccc4s3)Nc3nc(C)cc(C)n3)c2c1. The third kappa shape index (κ3) is 6.29. The number of anilines is 1. The molecule has 5 rings (SSSR count). The van der Waals surface area contributed by atoms with Gasteiger partial charge in [-0.05, 0) is 62.2 Å². The highest BCUT2D eigenvalue weighted by Gasteiger charge is 2.12. The number of aromatic amines is 1. The van der Waals surface area contributed by atoms with Gasteiger partial charge >= 0.3 is 0 Å². The maximum absolute atomic E-state index is 12.9. The quantitative estimate of drug-likeness (QED) is 0.141. The molecule has 3 heterocycles. The first-order chi connectivity index (χ1) is 18.5. The fraction of sp³-hybridized carbons (Fsp3) is 0.222. The molecule has 0 bridgehead atoms. The molecule has 38 heavy (non-hydrogen) atoms. The zero-order valence-electron chi connectivity index (χ0n) is 21.2. The van der Waals surface area contributed by atoms with E-state index in [2.05, 4.69) is 35.6 Å². The summed E-state index contributed by atoms with van der Waals surface area (Å²) < 4.78 is 7.32. The lowest BCUT2D eigenvalue weighted by atomic mass is 10.1. The summed E-state index contributed by atoms with van der Waals surface area (Å²) in [6.07, 6.45) is 2.65. The summed E-state index contributed by atoms with van der Waals surface area (Å²) >= 11 is 2.97. The number of hydrogen-bond acceptors (Lipinski definition) is 8. The Morgan fingerprint density at radius 1 is 1.11 bits per heavy atom. The number of para-hydroxylation sites is 1.